The summed E-state index contributed by atoms with van der Waals surface area (Å²) in [4.78, 5) is 4.04. The molecule has 1 aliphatic carbocycles. The second kappa shape index (κ2) is 5.30. The Bertz CT molecular complexity index is 307. The van der Waals surface area contributed by atoms with E-state index in [9.17, 15) is 0 Å². The average Bonchev–Trinajstić information content (AvgIpc) is 2.39. The Morgan fingerprint density at radius 1 is 1.31 bits per heavy atom. The summed E-state index contributed by atoms with van der Waals surface area (Å²) in [5.41, 5.74) is 6.11. The molecule has 1 aromatic heterocycles. The van der Waals surface area contributed by atoms with Gasteiger partial charge in [-0.25, -0.2) is 0 Å². The second-order valence-electron chi connectivity index (χ2n) is 4.74. The lowest BCUT2D eigenvalue weighted by molar-refractivity contribution is 0.105. The van der Waals surface area contributed by atoms with E-state index in [1.807, 2.05) is 12.1 Å². The molecule has 16 heavy (non-hydrogen) atoms. The fraction of sp³-hybridized carbons (Fsp3) is 0.615. The normalized spacial score (nSPS) is 19.3. The molecule has 0 spiro atoms. The zero-order chi connectivity index (χ0) is 11.3. The van der Waals surface area contributed by atoms with E-state index in [1.54, 1.807) is 12.4 Å². The number of rotatable bonds is 4. The van der Waals surface area contributed by atoms with Gasteiger partial charge in [-0.05, 0) is 25.0 Å². The molecule has 0 unspecified atom stereocenters. The minimum atomic E-state index is 0.202. The van der Waals surface area contributed by atoms with Gasteiger partial charge in [0.1, 0.15) is 5.75 Å². The van der Waals surface area contributed by atoms with Crippen molar-refractivity contribution in [3.63, 3.8) is 0 Å². The molecule has 0 atom stereocenters. The molecule has 0 aliphatic heterocycles. The minimum absolute atomic E-state index is 0.202. The molecule has 0 aromatic carbocycles. The van der Waals surface area contributed by atoms with Crippen molar-refractivity contribution >= 4 is 0 Å². The van der Waals surface area contributed by atoms with Crippen molar-refractivity contribution < 1.29 is 4.74 Å². The molecule has 0 saturated heterocycles. The van der Waals surface area contributed by atoms with Crippen LogP contribution in [0.3, 0.4) is 0 Å². The van der Waals surface area contributed by atoms with Crippen molar-refractivity contribution in [2.24, 2.45) is 11.1 Å². The van der Waals surface area contributed by atoms with Gasteiger partial charge in [0.2, 0.25) is 0 Å². The van der Waals surface area contributed by atoms with Gasteiger partial charge < -0.3 is 10.5 Å². The molecule has 1 aromatic rings. The second-order valence-corrected chi connectivity index (χ2v) is 4.74. The van der Waals surface area contributed by atoms with Crippen LogP contribution in [-0.2, 0) is 0 Å². The van der Waals surface area contributed by atoms with Crippen LogP contribution < -0.4 is 10.5 Å². The molecule has 0 bridgehead atoms. The van der Waals surface area contributed by atoms with Crippen molar-refractivity contribution in [1.29, 1.82) is 0 Å². The summed E-state index contributed by atoms with van der Waals surface area (Å²) in [6, 6.07) is 3.84. The monoisotopic (exact) mass is 220 g/mol. The van der Waals surface area contributed by atoms with Gasteiger partial charge in [-0.3, -0.25) is 4.98 Å². The van der Waals surface area contributed by atoms with Crippen LogP contribution in [0.15, 0.2) is 24.5 Å². The fourth-order valence-corrected chi connectivity index (χ4v) is 2.38. The summed E-state index contributed by atoms with van der Waals surface area (Å²) >= 11 is 0. The molecule has 1 fully saturated rings. The third kappa shape index (κ3) is 2.73. The summed E-state index contributed by atoms with van der Waals surface area (Å²) in [5.74, 6) is 0.848. The maximum Gasteiger partial charge on any atom is 0.137 e. The largest absolute Gasteiger partial charge is 0.491 e. The van der Waals surface area contributed by atoms with Crippen LogP contribution in [0, 0.1) is 5.41 Å². The summed E-state index contributed by atoms with van der Waals surface area (Å²) in [6.07, 6.45) is 9.82. The predicted octanol–water partition coefficient (Wildman–Crippen LogP) is 2.37. The predicted molar refractivity (Wildman–Crippen MR) is 64.3 cm³/mol. The Labute approximate surface area is 97.0 Å². The van der Waals surface area contributed by atoms with Gasteiger partial charge in [-0.15, -0.1) is 0 Å². The average molecular weight is 220 g/mol. The maximum atomic E-state index is 5.91. The van der Waals surface area contributed by atoms with Gasteiger partial charge in [0.25, 0.3) is 0 Å². The highest BCUT2D eigenvalue weighted by atomic mass is 16.5. The molecule has 2 N–H and O–H groups in total. The first-order valence-corrected chi connectivity index (χ1v) is 6.08. The quantitative estimate of drug-likeness (QED) is 0.847. The SMILES string of the molecule is NCC1(COc2cccnc2)CCCCC1. The molecule has 3 nitrogen and oxygen atoms in total. The van der Waals surface area contributed by atoms with E-state index in [4.69, 9.17) is 10.5 Å². The van der Waals surface area contributed by atoms with Crippen molar-refractivity contribution in [3.8, 4) is 5.75 Å². The molecule has 1 heterocycles. The Kier molecular flexibility index (Phi) is 3.78. The highest BCUT2D eigenvalue weighted by Gasteiger charge is 2.31. The van der Waals surface area contributed by atoms with Crippen LogP contribution >= 0.6 is 0 Å². The van der Waals surface area contributed by atoms with Crippen LogP contribution in [0.5, 0.6) is 5.75 Å². The van der Waals surface area contributed by atoms with Crippen molar-refractivity contribution in [2.45, 2.75) is 32.1 Å². The van der Waals surface area contributed by atoms with E-state index in [0.29, 0.717) is 0 Å². The first-order valence-electron chi connectivity index (χ1n) is 6.08. The maximum absolute atomic E-state index is 5.91. The zero-order valence-corrected chi connectivity index (χ0v) is 9.69. The molecule has 2 rings (SSSR count). The van der Waals surface area contributed by atoms with Crippen LogP contribution in [-0.4, -0.2) is 18.1 Å². The lowest BCUT2D eigenvalue weighted by atomic mass is 9.75. The van der Waals surface area contributed by atoms with Crippen molar-refractivity contribution in [2.75, 3.05) is 13.2 Å². The fourth-order valence-electron chi connectivity index (χ4n) is 2.38. The van der Waals surface area contributed by atoms with Crippen molar-refractivity contribution in [3.05, 3.63) is 24.5 Å². The number of nitrogens with two attached hydrogens (primary N) is 1. The van der Waals surface area contributed by atoms with Crippen LogP contribution in [0.1, 0.15) is 32.1 Å². The van der Waals surface area contributed by atoms with E-state index in [0.717, 1.165) is 18.9 Å². The van der Waals surface area contributed by atoms with E-state index in [2.05, 4.69) is 4.98 Å². The standard InChI is InChI=1S/C13H20N2O/c14-10-13(6-2-1-3-7-13)11-16-12-5-4-8-15-9-12/h4-5,8-9H,1-3,6-7,10-11,14H2. The Hall–Kier alpha value is -1.09. The lowest BCUT2D eigenvalue weighted by Crippen LogP contribution is -2.38. The number of ether oxygens (including phenoxy) is 1. The van der Waals surface area contributed by atoms with Gasteiger partial charge in [-0.1, -0.05) is 19.3 Å². The molecule has 1 aliphatic rings. The van der Waals surface area contributed by atoms with Crippen LogP contribution in [0.4, 0.5) is 0 Å². The zero-order valence-electron chi connectivity index (χ0n) is 9.69. The first kappa shape index (κ1) is 11.4. The highest BCUT2D eigenvalue weighted by Crippen LogP contribution is 2.35. The number of hydrogen-bond donors (Lipinski definition) is 1. The summed E-state index contributed by atoms with van der Waals surface area (Å²) < 4.78 is 5.80. The molecular weight excluding hydrogens is 200 g/mol. The highest BCUT2D eigenvalue weighted by molar-refractivity contribution is 5.15. The van der Waals surface area contributed by atoms with Crippen molar-refractivity contribution in [1.82, 2.24) is 4.98 Å². The Morgan fingerprint density at radius 2 is 2.12 bits per heavy atom. The third-order valence-corrected chi connectivity index (χ3v) is 3.53. The Morgan fingerprint density at radius 3 is 2.75 bits per heavy atom. The van der Waals surface area contributed by atoms with Gasteiger partial charge >= 0.3 is 0 Å². The number of hydrogen-bond acceptors (Lipinski definition) is 3. The molecule has 3 heteroatoms. The van der Waals surface area contributed by atoms with Gasteiger partial charge in [0.05, 0.1) is 12.8 Å². The topological polar surface area (TPSA) is 48.1 Å². The smallest absolute Gasteiger partial charge is 0.137 e. The molecule has 1 saturated carbocycles. The van der Waals surface area contributed by atoms with E-state index in [1.165, 1.54) is 32.1 Å². The number of nitrogens with zero attached hydrogens (tertiary/aromatic N) is 1. The molecule has 0 amide bonds. The minimum Gasteiger partial charge on any atom is -0.491 e. The van der Waals surface area contributed by atoms with Gasteiger partial charge in [0, 0.05) is 18.2 Å². The number of aromatic nitrogens is 1. The molecule has 0 radical (unpaired) electrons. The Balaban J connectivity index is 1.92. The van der Waals surface area contributed by atoms with Crippen LogP contribution in [0.2, 0.25) is 0 Å². The first-order chi connectivity index (χ1) is 7.85. The lowest BCUT2D eigenvalue weighted by Gasteiger charge is -2.35. The van der Waals surface area contributed by atoms with E-state index in [-0.39, 0.29) is 5.41 Å². The van der Waals surface area contributed by atoms with Gasteiger partial charge in [0.15, 0.2) is 0 Å². The van der Waals surface area contributed by atoms with E-state index < -0.39 is 0 Å². The summed E-state index contributed by atoms with van der Waals surface area (Å²) in [5, 5.41) is 0. The third-order valence-electron chi connectivity index (χ3n) is 3.53. The molecular formula is C13H20N2O. The summed E-state index contributed by atoms with van der Waals surface area (Å²) in [6.45, 7) is 1.46. The number of pyridine rings is 1. The molecule has 88 valence electrons. The van der Waals surface area contributed by atoms with Crippen LogP contribution in [0.25, 0.3) is 0 Å². The summed E-state index contributed by atoms with van der Waals surface area (Å²) in [7, 11) is 0. The van der Waals surface area contributed by atoms with Gasteiger partial charge in [-0.2, -0.15) is 0 Å². The van der Waals surface area contributed by atoms with E-state index >= 15 is 0 Å².